The van der Waals surface area contributed by atoms with Gasteiger partial charge in [-0.25, -0.2) is 9.97 Å². The van der Waals surface area contributed by atoms with Crippen LogP contribution in [0.2, 0.25) is 0 Å². The molecule has 1 aliphatic rings. The highest BCUT2D eigenvalue weighted by Crippen LogP contribution is 2.31. The van der Waals surface area contributed by atoms with Crippen LogP contribution in [0, 0.1) is 0 Å². The molecule has 0 radical (unpaired) electrons. The smallest absolute Gasteiger partial charge is 0.115 e. The molecule has 0 saturated heterocycles. The molecule has 3 nitrogen and oxygen atoms in total. The van der Waals surface area contributed by atoms with E-state index in [0.29, 0.717) is 12.0 Å². The quantitative estimate of drug-likeness (QED) is 0.845. The van der Waals surface area contributed by atoms with Gasteiger partial charge in [-0.2, -0.15) is 0 Å². The minimum atomic E-state index is 0.657. The molecule has 1 heterocycles. The van der Waals surface area contributed by atoms with Crippen molar-refractivity contribution in [1.82, 2.24) is 15.3 Å². The summed E-state index contributed by atoms with van der Waals surface area (Å²) in [5, 5.41) is 3.63. The van der Waals surface area contributed by atoms with E-state index in [2.05, 4.69) is 22.2 Å². The lowest BCUT2D eigenvalue weighted by molar-refractivity contribution is 0.339. The molecule has 1 aromatic rings. The van der Waals surface area contributed by atoms with Gasteiger partial charge in [0.1, 0.15) is 6.33 Å². The van der Waals surface area contributed by atoms with Gasteiger partial charge in [-0.15, -0.1) is 0 Å². The van der Waals surface area contributed by atoms with Crippen LogP contribution in [0.1, 0.15) is 50.5 Å². The van der Waals surface area contributed by atoms with Crippen molar-refractivity contribution in [3.8, 4) is 0 Å². The summed E-state index contributed by atoms with van der Waals surface area (Å²) in [6.45, 7) is 3.36. The van der Waals surface area contributed by atoms with Crippen molar-refractivity contribution in [1.29, 1.82) is 0 Å². The van der Waals surface area contributed by atoms with Crippen molar-refractivity contribution in [3.63, 3.8) is 0 Å². The van der Waals surface area contributed by atoms with Crippen molar-refractivity contribution in [2.24, 2.45) is 0 Å². The summed E-state index contributed by atoms with van der Waals surface area (Å²) in [6, 6.07) is 0.693. The predicted octanol–water partition coefficient (Wildman–Crippen LogP) is 2.50. The van der Waals surface area contributed by atoms with Gasteiger partial charge in [0, 0.05) is 18.4 Å². The van der Waals surface area contributed by atoms with Crippen LogP contribution in [0.4, 0.5) is 0 Å². The highest BCUT2D eigenvalue weighted by molar-refractivity contribution is 5.11. The van der Waals surface area contributed by atoms with E-state index in [1.54, 1.807) is 6.33 Å². The van der Waals surface area contributed by atoms with Crippen LogP contribution in [-0.4, -0.2) is 22.6 Å². The van der Waals surface area contributed by atoms with Crippen molar-refractivity contribution in [2.75, 3.05) is 6.54 Å². The Kier molecular flexibility index (Phi) is 4.28. The van der Waals surface area contributed by atoms with Crippen LogP contribution in [0.15, 0.2) is 18.7 Å². The molecular weight excluding hydrogens is 198 g/mol. The van der Waals surface area contributed by atoms with Gasteiger partial charge in [0.05, 0.1) is 0 Å². The summed E-state index contributed by atoms with van der Waals surface area (Å²) >= 11 is 0. The van der Waals surface area contributed by atoms with Crippen LogP contribution >= 0.6 is 0 Å². The van der Waals surface area contributed by atoms with Gasteiger partial charge in [-0.1, -0.05) is 13.3 Å². The molecule has 1 N–H and O–H groups in total. The SMILES string of the molecule is CCCNC1CCCC(c2cncnc2)C1. The van der Waals surface area contributed by atoms with Crippen LogP contribution in [0.3, 0.4) is 0 Å². The standard InChI is InChI=1S/C13H21N3/c1-2-6-16-13-5-3-4-11(7-13)12-8-14-10-15-9-12/h8-11,13,16H,2-7H2,1H3. The molecular formula is C13H21N3. The summed E-state index contributed by atoms with van der Waals surface area (Å²) in [5.74, 6) is 0.657. The zero-order valence-electron chi connectivity index (χ0n) is 10.0. The van der Waals surface area contributed by atoms with E-state index in [9.17, 15) is 0 Å². The molecule has 0 aromatic carbocycles. The van der Waals surface area contributed by atoms with Crippen molar-refractivity contribution < 1.29 is 0 Å². The van der Waals surface area contributed by atoms with Crippen LogP contribution < -0.4 is 5.32 Å². The number of rotatable bonds is 4. The number of nitrogens with zero attached hydrogens (tertiary/aromatic N) is 2. The van der Waals surface area contributed by atoms with Gasteiger partial charge in [0.25, 0.3) is 0 Å². The summed E-state index contributed by atoms with van der Waals surface area (Å²) in [4.78, 5) is 8.23. The second-order valence-corrected chi connectivity index (χ2v) is 4.69. The fraction of sp³-hybridized carbons (Fsp3) is 0.692. The summed E-state index contributed by atoms with van der Waals surface area (Å²) in [5.41, 5.74) is 1.31. The highest BCUT2D eigenvalue weighted by Gasteiger charge is 2.22. The third-order valence-corrected chi connectivity index (χ3v) is 3.41. The van der Waals surface area contributed by atoms with Crippen molar-refractivity contribution >= 4 is 0 Å². The van der Waals surface area contributed by atoms with Gasteiger partial charge >= 0.3 is 0 Å². The lowest BCUT2D eigenvalue weighted by Crippen LogP contribution is -2.34. The van der Waals surface area contributed by atoms with E-state index < -0.39 is 0 Å². The second kappa shape index (κ2) is 5.94. The molecule has 0 amide bonds. The van der Waals surface area contributed by atoms with Crippen molar-refractivity contribution in [3.05, 3.63) is 24.3 Å². The highest BCUT2D eigenvalue weighted by atomic mass is 14.9. The average molecular weight is 219 g/mol. The van der Waals surface area contributed by atoms with Gasteiger partial charge in [0.15, 0.2) is 0 Å². The Balaban J connectivity index is 1.91. The Hall–Kier alpha value is -0.960. The minimum absolute atomic E-state index is 0.657. The fourth-order valence-electron chi connectivity index (χ4n) is 2.55. The first kappa shape index (κ1) is 11.5. The van der Waals surface area contributed by atoms with E-state index in [0.717, 1.165) is 6.54 Å². The predicted molar refractivity (Wildman–Crippen MR) is 65.3 cm³/mol. The molecule has 1 aromatic heterocycles. The molecule has 1 fully saturated rings. The summed E-state index contributed by atoms with van der Waals surface area (Å²) in [7, 11) is 0. The zero-order chi connectivity index (χ0) is 11.2. The van der Waals surface area contributed by atoms with Gasteiger partial charge in [-0.3, -0.25) is 0 Å². The summed E-state index contributed by atoms with van der Waals surface area (Å²) in [6.07, 6.45) is 11.9. The molecule has 0 bridgehead atoms. The number of hydrogen-bond donors (Lipinski definition) is 1. The molecule has 1 saturated carbocycles. The first-order valence-electron chi connectivity index (χ1n) is 6.38. The first-order valence-corrected chi connectivity index (χ1v) is 6.38. The lowest BCUT2D eigenvalue weighted by atomic mass is 9.82. The Morgan fingerprint density at radius 1 is 1.31 bits per heavy atom. The van der Waals surface area contributed by atoms with Crippen LogP contribution in [0.25, 0.3) is 0 Å². The maximum Gasteiger partial charge on any atom is 0.115 e. The molecule has 3 heteroatoms. The normalized spacial score (nSPS) is 25.6. The van der Waals surface area contributed by atoms with E-state index in [1.165, 1.54) is 37.7 Å². The molecule has 88 valence electrons. The Morgan fingerprint density at radius 3 is 2.88 bits per heavy atom. The third-order valence-electron chi connectivity index (χ3n) is 3.41. The van der Waals surface area contributed by atoms with Gasteiger partial charge in [-0.05, 0) is 43.7 Å². The van der Waals surface area contributed by atoms with E-state index in [-0.39, 0.29) is 0 Å². The number of nitrogens with one attached hydrogen (secondary N) is 1. The molecule has 2 unspecified atom stereocenters. The molecule has 0 aliphatic heterocycles. The van der Waals surface area contributed by atoms with E-state index in [1.807, 2.05) is 12.4 Å². The Morgan fingerprint density at radius 2 is 2.12 bits per heavy atom. The fourth-order valence-corrected chi connectivity index (χ4v) is 2.55. The van der Waals surface area contributed by atoms with Gasteiger partial charge in [0.2, 0.25) is 0 Å². The minimum Gasteiger partial charge on any atom is -0.314 e. The molecule has 16 heavy (non-hydrogen) atoms. The second-order valence-electron chi connectivity index (χ2n) is 4.69. The van der Waals surface area contributed by atoms with Crippen molar-refractivity contribution in [2.45, 2.75) is 51.0 Å². The molecule has 2 rings (SSSR count). The Labute approximate surface area is 97.7 Å². The zero-order valence-corrected chi connectivity index (χ0v) is 10.0. The third kappa shape index (κ3) is 3.01. The lowest BCUT2D eigenvalue weighted by Gasteiger charge is -2.29. The number of aromatic nitrogens is 2. The maximum atomic E-state index is 4.12. The topological polar surface area (TPSA) is 37.8 Å². The van der Waals surface area contributed by atoms with Crippen LogP contribution in [0.5, 0.6) is 0 Å². The molecule has 2 atom stereocenters. The molecule has 0 spiro atoms. The van der Waals surface area contributed by atoms with E-state index in [4.69, 9.17) is 0 Å². The average Bonchev–Trinajstić information content (AvgIpc) is 2.38. The maximum absolute atomic E-state index is 4.12. The summed E-state index contributed by atoms with van der Waals surface area (Å²) < 4.78 is 0. The molecule has 1 aliphatic carbocycles. The monoisotopic (exact) mass is 219 g/mol. The van der Waals surface area contributed by atoms with Crippen LogP contribution in [-0.2, 0) is 0 Å². The van der Waals surface area contributed by atoms with Gasteiger partial charge < -0.3 is 5.32 Å². The Bertz CT molecular complexity index is 299. The largest absolute Gasteiger partial charge is 0.314 e. The first-order chi connectivity index (χ1) is 7.90. The number of hydrogen-bond acceptors (Lipinski definition) is 3. The van der Waals surface area contributed by atoms with E-state index >= 15 is 0 Å².